The highest BCUT2D eigenvalue weighted by Crippen LogP contribution is 2.33. The van der Waals surface area contributed by atoms with Gasteiger partial charge in [0.25, 0.3) is 0 Å². The Bertz CT molecular complexity index is 929. The lowest BCUT2D eigenvalue weighted by molar-refractivity contribution is -0.133. The van der Waals surface area contributed by atoms with Crippen LogP contribution in [0.1, 0.15) is 5.56 Å². The van der Waals surface area contributed by atoms with Crippen LogP contribution in [0.4, 0.5) is 5.69 Å². The minimum Gasteiger partial charge on any atom is -0.481 e. The number of ether oxygens (including phenoxy) is 1. The second-order valence-electron chi connectivity index (χ2n) is 5.39. The normalized spacial score (nSPS) is 10.5. The van der Waals surface area contributed by atoms with Gasteiger partial charge in [0.15, 0.2) is 11.6 Å². The molecule has 8 nitrogen and oxygen atoms in total. The number of hydrogen-bond acceptors (Lipinski definition) is 7. The van der Waals surface area contributed by atoms with Crippen LogP contribution in [0.5, 0.6) is 11.5 Å². The molecule has 0 radical (unpaired) electrons. The molecule has 2 aromatic carbocycles. The van der Waals surface area contributed by atoms with Gasteiger partial charge in [-0.25, -0.2) is 4.98 Å². The van der Waals surface area contributed by atoms with Crippen LogP contribution in [0.15, 0.2) is 47.6 Å². The molecule has 1 aromatic heterocycles. The van der Waals surface area contributed by atoms with Crippen molar-refractivity contribution in [3.8, 4) is 22.9 Å². The molecule has 3 rings (SSSR count). The molecule has 0 fully saturated rings. The van der Waals surface area contributed by atoms with Gasteiger partial charge in [-0.15, -0.1) is 5.10 Å². The summed E-state index contributed by atoms with van der Waals surface area (Å²) in [5.74, 6) is 0.495. The first-order valence-corrected chi connectivity index (χ1v) is 8.60. The monoisotopic (exact) mass is 372 g/mol. The summed E-state index contributed by atoms with van der Waals surface area (Å²) in [6, 6.07) is 12.7. The van der Waals surface area contributed by atoms with Crippen LogP contribution in [0.25, 0.3) is 11.4 Å². The molecule has 0 saturated heterocycles. The van der Waals surface area contributed by atoms with Gasteiger partial charge >= 0.3 is 5.97 Å². The van der Waals surface area contributed by atoms with Gasteiger partial charge < -0.3 is 9.84 Å². The van der Waals surface area contributed by atoms with E-state index in [-0.39, 0.29) is 5.75 Å². The molecule has 0 aliphatic carbocycles. The van der Waals surface area contributed by atoms with Gasteiger partial charge in [0.05, 0.1) is 5.75 Å². The quantitative estimate of drug-likeness (QED) is 0.367. The lowest BCUT2D eigenvalue weighted by Gasteiger charge is -2.11. The van der Waals surface area contributed by atoms with Gasteiger partial charge in [-0.2, -0.15) is 0 Å². The first-order chi connectivity index (χ1) is 12.5. The molecule has 0 aliphatic heterocycles. The minimum atomic E-state index is -0.939. The molecule has 1 heterocycles. The van der Waals surface area contributed by atoms with E-state index in [1.165, 1.54) is 0 Å². The average molecular weight is 372 g/mol. The molecule has 26 heavy (non-hydrogen) atoms. The molecular formula is C17H16N4O4S. The van der Waals surface area contributed by atoms with Crippen molar-refractivity contribution in [2.45, 2.75) is 12.1 Å². The third-order valence-electron chi connectivity index (χ3n) is 3.38. The second kappa shape index (κ2) is 7.89. The fourth-order valence-corrected chi connectivity index (χ4v) is 2.74. The van der Waals surface area contributed by atoms with Gasteiger partial charge in [-0.05, 0) is 42.8 Å². The number of carboxylic acid groups (broad SMARTS) is 1. The van der Waals surface area contributed by atoms with Crippen LogP contribution in [-0.4, -0.2) is 37.2 Å². The second-order valence-corrected chi connectivity index (χ2v) is 6.33. The number of nitrogens with zero attached hydrogens (tertiary/aromatic N) is 2. The van der Waals surface area contributed by atoms with E-state index in [2.05, 4.69) is 20.7 Å². The molecule has 9 heteroatoms. The highest BCUT2D eigenvalue weighted by molar-refractivity contribution is 7.99. The number of H-pyrrole nitrogens is 1. The summed E-state index contributed by atoms with van der Waals surface area (Å²) in [5.41, 5.74) is 4.20. The highest BCUT2D eigenvalue weighted by atomic mass is 32.2. The van der Waals surface area contributed by atoms with Crippen LogP contribution >= 0.6 is 11.8 Å². The third-order valence-corrected chi connectivity index (χ3v) is 4.21. The average Bonchev–Trinajstić information content (AvgIpc) is 3.09. The Morgan fingerprint density at radius 1 is 1.31 bits per heavy atom. The Morgan fingerprint density at radius 2 is 2.15 bits per heavy atom. The lowest BCUT2D eigenvalue weighted by atomic mass is 10.1. The maximum absolute atomic E-state index is 10.6. The SMILES string of the molecule is Cc1cccc(Oc2ccc(-c3nc(SCC(=O)O)n[nH]3)cc2NO)c1. The maximum atomic E-state index is 10.6. The van der Waals surface area contributed by atoms with Crippen LogP contribution in [0.2, 0.25) is 0 Å². The van der Waals surface area contributed by atoms with E-state index in [1.54, 1.807) is 18.2 Å². The molecule has 134 valence electrons. The molecular weight excluding hydrogens is 356 g/mol. The number of hydrogen-bond donors (Lipinski definition) is 4. The number of rotatable bonds is 7. The van der Waals surface area contributed by atoms with Crippen LogP contribution in [0.3, 0.4) is 0 Å². The summed E-state index contributed by atoms with van der Waals surface area (Å²) in [6.45, 7) is 1.96. The first kappa shape index (κ1) is 17.8. The number of carboxylic acids is 1. The van der Waals surface area contributed by atoms with E-state index in [1.807, 2.05) is 31.2 Å². The van der Waals surface area contributed by atoms with E-state index in [0.717, 1.165) is 17.3 Å². The Morgan fingerprint density at radius 3 is 2.88 bits per heavy atom. The van der Waals surface area contributed by atoms with Crippen LogP contribution in [0, 0.1) is 6.92 Å². The molecule has 0 saturated carbocycles. The molecule has 0 amide bonds. The summed E-state index contributed by atoms with van der Waals surface area (Å²) in [7, 11) is 0. The standard InChI is InChI=1S/C17H16N4O4S/c1-10-3-2-4-12(7-10)25-14-6-5-11(8-13(14)21-24)16-18-17(20-19-16)26-9-15(22)23/h2-8,21,24H,9H2,1H3,(H,22,23)(H,18,19,20). The molecule has 3 aromatic rings. The number of aliphatic carboxylic acids is 1. The zero-order valence-electron chi connectivity index (χ0n) is 13.8. The van der Waals surface area contributed by atoms with Crippen molar-refractivity contribution in [2.75, 3.05) is 11.2 Å². The molecule has 0 spiro atoms. The number of benzene rings is 2. The van der Waals surface area contributed by atoms with E-state index >= 15 is 0 Å². The zero-order chi connectivity index (χ0) is 18.5. The summed E-state index contributed by atoms with van der Waals surface area (Å²) in [6.07, 6.45) is 0. The summed E-state index contributed by atoms with van der Waals surface area (Å²) < 4.78 is 5.80. The van der Waals surface area contributed by atoms with E-state index in [0.29, 0.717) is 33.7 Å². The predicted octanol–water partition coefficient (Wildman–Crippen LogP) is 3.55. The molecule has 0 aliphatic rings. The Kier molecular flexibility index (Phi) is 5.40. The largest absolute Gasteiger partial charge is 0.481 e. The van der Waals surface area contributed by atoms with Gasteiger partial charge in [0.2, 0.25) is 5.16 Å². The number of aromatic amines is 1. The molecule has 0 bridgehead atoms. The third kappa shape index (κ3) is 4.32. The predicted molar refractivity (Wildman–Crippen MR) is 96.8 cm³/mol. The minimum absolute atomic E-state index is 0.121. The number of aryl methyl sites for hydroxylation is 1. The fraction of sp³-hybridized carbons (Fsp3) is 0.118. The van der Waals surface area contributed by atoms with Crippen molar-refractivity contribution in [1.29, 1.82) is 0 Å². The van der Waals surface area contributed by atoms with Crippen molar-refractivity contribution in [3.05, 3.63) is 48.0 Å². The number of thioether (sulfide) groups is 1. The van der Waals surface area contributed by atoms with E-state index in [9.17, 15) is 10.0 Å². The zero-order valence-corrected chi connectivity index (χ0v) is 14.6. The topological polar surface area (TPSA) is 120 Å². The van der Waals surface area contributed by atoms with Gasteiger partial charge in [0.1, 0.15) is 11.4 Å². The fourth-order valence-electron chi connectivity index (χ4n) is 2.23. The summed E-state index contributed by atoms with van der Waals surface area (Å²) in [4.78, 5) is 14.8. The van der Waals surface area contributed by atoms with Crippen LogP contribution < -0.4 is 10.2 Å². The van der Waals surface area contributed by atoms with E-state index < -0.39 is 5.97 Å². The van der Waals surface area contributed by atoms with Gasteiger partial charge in [0, 0.05) is 5.56 Å². The van der Waals surface area contributed by atoms with Crippen molar-refractivity contribution in [3.63, 3.8) is 0 Å². The van der Waals surface area contributed by atoms with Crippen molar-refractivity contribution in [1.82, 2.24) is 15.2 Å². The Labute approximate surface area is 153 Å². The molecule has 0 unspecified atom stereocenters. The molecule has 0 atom stereocenters. The van der Waals surface area contributed by atoms with Crippen LogP contribution in [-0.2, 0) is 4.79 Å². The first-order valence-electron chi connectivity index (χ1n) is 7.61. The van der Waals surface area contributed by atoms with Crippen molar-refractivity contribution >= 4 is 23.4 Å². The van der Waals surface area contributed by atoms with Gasteiger partial charge in [-0.3, -0.25) is 20.6 Å². The summed E-state index contributed by atoms with van der Waals surface area (Å²) >= 11 is 1.02. The number of anilines is 1. The Balaban J connectivity index is 1.81. The number of nitrogens with one attached hydrogen (secondary N) is 2. The van der Waals surface area contributed by atoms with Crippen molar-refractivity contribution in [2.24, 2.45) is 0 Å². The van der Waals surface area contributed by atoms with Crippen molar-refractivity contribution < 1.29 is 19.8 Å². The highest BCUT2D eigenvalue weighted by Gasteiger charge is 2.12. The smallest absolute Gasteiger partial charge is 0.313 e. The lowest BCUT2D eigenvalue weighted by Crippen LogP contribution is -1.97. The number of carbonyl (C=O) groups is 1. The summed E-state index contributed by atoms with van der Waals surface area (Å²) in [5, 5.41) is 25.2. The Hall–Kier alpha value is -3.04. The van der Waals surface area contributed by atoms with Gasteiger partial charge in [-0.1, -0.05) is 23.9 Å². The maximum Gasteiger partial charge on any atom is 0.313 e. The molecule has 4 N–H and O–H groups in total. The van der Waals surface area contributed by atoms with E-state index in [4.69, 9.17) is 9.84 Å². The number of aromatic nitrogens is 3.